The highest BCUT2D eigenvalue weighted by atomic mass is 35.5. The van der Waals surface area contributed by atoms with E-state index in [1.807, 2.05) is 0 Å². The monoisotopic (exact) mass is 324 g/mol. The summed E-state index contributed by atoms with van der Waals surface area (Å²) >= 11 is 11.9. The Morgan fingerprint density at radius 3 is 2.24 bits per heavy atom. The summed E-state index contributed by atoms with van der Waals surface area (Å²) in [6.45, 7) is 0. The molecule has 0 aliphatic heterocycles. The molecule has 4 N–H and O–H groups in total. The highest BCUT2D eigenvalue weighted by Gasteiger charge is 2.05. The van der Waals surface area contributed by atoms with E-state index in [-0.39, 0.29) is 11.5 Å². The maximum atomic E-state index is 14.0. The zero-order chi connectivity index (χ0) is 15.4. The third-order valence-corrected chi connectivity index (χ3v) is 3.00. The molecule has 0 heterocycles. The Morgan fingerprint density at radius 1 is 1.00 bits per heavy atom. The Morgan fingerprint density at radius 2 is 1.67 bits per heavy atom. The molecule has 0 saturated carbocycles. The van der Waals surface area contributed by atoms with Crippen molar-refractivity contribution in [3.63, 3.8) is 0 Å². The van der Waals surface area contributed by atoms with E-state index in [0.717, 1.165) is 5.56 Å². The van der Waals surface area contributed by atoms with Gasteiger partial charge in [-0.15, -0.1) is 5.10 Å². The van der Waals surface area contributed by atoms with Gasteiger partial charge in [-0.05, 0) is 41.5 Å². The third-order valence-electron chi connectivity index (χ3n) is 2.57. The molecule has 0 unspecified atom stereocenters. The summed E-state index contributed by atoms with van der Waals surface area (Å²) in [5.41, 5.74) is 11.9. The molecule has 0 aromatic heterocycles. The van der Waals surface area contributed by atoms with Gasteiger partial charge in [0.25, 0.3) is 0 Å². The fourth-order valence-corrected chi connectivity index (χ4v) is 2.22. The minimum atomic E-state index is -0.460. The van der Waals surface area contributed by atoms with Crippen molar-refractivity contribution in [1.82, 2.24) is 0 Å². The minimum absolute atomic E-state index is 0.197. The predicted octanol–water partition coefficient (Wildman–Crippen LogP) is 3.41. The molecule has 21 heavy (non-hydrogen) atoms. The topological polar surface area (TPSA) is 76.8 Å². The van der Waals surface area contributed by atoms with Crippen molar-refractivity contribution in [1.29, 1.82) is 0 Å². The first kappa shape index (κ1) is 15.3. The van der Waals surface area contributed by atoms with Crippen LogP contribution in [0.25, 0.3) is 11.1 Å². The number of halogens is 3. The molecular weight excluding hydrogens is 314 g/mol. The van der Waals surface area contributed by atoms with E-state index in [1.54, 1.807) is 30.3 Å². The summed E-state index contributed by atoms with van der Waals surface area (Å²) in [5, 5.41) is 7.93. The van der Waals surface area contributed by atoms with E-state index >= 15 is 0 Å². The second-order valence-electron chi connectivity index (χ2n) is 4.16. The van der Waals surface area contributed by atoms with Gasteiger partial charge >= 0.3 is 0 Å². The van der Waals surface area contributed by atoms with Gasteiger partial charge in [0.1, 0.15) is 5.82 Å². The molecular formula is C14H11Cl2FN4. The summed E-state index contributed by atoms with van der Waals surface area (Å²) in [6, 6.07) is 9.66. The smallest absolute Gasteiger partial charge is 0.211 e. The van der Waals surface area contributed by atoms with Crippen LogP contribution >= 0.6 is 23.2 Å². The number of nitrogens with zero attached hydrogens (tertiary/aromatic N) is 2. The van der Waals surface area contributed by atoms with Crippen LogP contribution in [0.3, 0.4) is 0 Å². The number of benzene rings is 2. The molecule has 0 bridgehead atoms. The van der Waals surface area contributed by atoms with Crippen LogP contribution in [-0.2, 0) is 0 Å². The minimum Gasteiger partial charge on any atom is -0.369 e. The number of guanidine groups is 1. The summed E-state index contributed by atoms with van der Waals surface area (Å²) in [7, 11) is 0. The summed E-state index contributed by atoms with van der Waals surface area (Å²) in [5.74, 6) is -0.657. The maximum Gasteiger partial charge on any atom is 0.211 e. The van der Waals surface area contributed by atoms with Gasteiger partial charge in [-0.3, -0.25) is 0 Å². The van der Waals surface area contributed by atoms with Crippen LogP contribution in [-0.4, -0.2) is 12.2 Å². The van der Waals surface area contributed by atoms with E-state index in [4.69, 9.17) is 34.7 Å². The van der Waals surface area contributed by atoms with Crippen molar-refractivity contribution in [2.24, 2.45) is 21.7 Å². The molecule has 7 heteroatoms. The van der Waals surface area contributed by atoms with Crippen LogP contribution in [0.5, 0.6) is 0 Å². The van der Waals surface area contributed by atoms with E-state index in [9.17, 15) is 4.39 Å². The Bertz CT molecular complexity index is 705. The molecule has 0 fully saturated rings. The molecule has 0 aliphatic rings. The second-order valence-corrected chi connectivity index (χ2v) is 5.04. The highest BCUT2D eigenvalue weighted by molar-refractivity contribution is 6.35. The van der Waals surface area contributed by atoms with Crippen molar-refractivity contribution >= 4 is 35.4 Å². The number of hydrogen-bond donors (Lipinski definition) is 2. The third kappa shape index (κ3) is 4.18. The summed E-state index contributed by atoms with van der Waals surface area (Å²) < 4.78 is 14.0. The van der Waals surface area contributed by atoms with E-state index in [0.29, 0.717) is 15.6 Å². The van der Waals surface area contributed by atoms with Gasteiger partial charge in [-0.2, -0.15) is 5.10 Å². The van der Waals surface area contributed by atoms with Gasteiger partial charge in [0.15, 0.2) is 0 Å². The van der Waals surface area contributed by atoms with Crippen molar-refractivity contribution in [3.05, 3.63) is 57.8 Å². The van der Waals surface area contributed by atoms with Crippen molar-refractivity contribution < 1.29 is 4.39 Å². The van der Waals surface area contributed by atoms with Crippen LogP contribution in [0.1, 0.15) is 5.56 Å². The summed E-state index contributed by atoms with van der Waals surface area (Å²) in [4.78, 5) is 0. The van der Waals surface area contributed by atoms with Crippen LogP contribution in [0.2, 0.25) is 10.0 Å². The van der Waals surface area contributed by atoms with Crippen molar-refractivity contribution in [2.45, 2.75) is 0 Å². The second kappa shape index (κ2) is 6.56. The van der Waals surface area contributed by atoms with Crippen LogP contribution in [0.15, 0.2) is 46.6 Å². The predicted molar refractivity (Wildman–Crippen MR) is 85.3 cm³/mol. The highest BCUT2D eigenvalue weighted by Crippen LogP contribution is 2.28. The quantitative estimate of drug-likeness (QED) is 0.515. The first-order valence-electron chi connectivity index (χ1n) is 5.83. The lowest BCUT2D eigenvalue weighted by molar-refractivity contribution is 0.626. The number of nitrogens with two attached hydrogens (primary N) is 2. The van der Waals surface area contributed by atoms with Crippen LogP contribution in [0.4, 0.5) is 4.39 Å². The van der Waals surface area contributed by atoms with Gasteiger partial charge in [0.2, 0.25) is 5.96 Å². The Balaban J connectivity index is 2.34. The zero-order valence-corrected chi connectivity index (χ0v) is 12.2. The van der Waals surface area contributed by atoms with Crippen LogP contribution in [0, 0.1) is 5.82 Å². The first-order chi connectivity index (χ1) is 9.95. The lowest BCUT2D eigenvalue weighted by Crippen LogP contribution is -2.21. The van der Waals surface area contributed by atoms with Crippen molar-refractivity contribution in [2.75, 3.05) is 0 Å². The molecule has 108 valence electrons. The van der Waals surface area contributed by atoms with E-state index in [1.165, 1.54) is 12.3 Å². The molecule has 2 rings (SSSR count). The first-order valence-corrected chi connectivity index (χ1v) is 6.59. The SMILES string of the molecule is NC(N)=NN=Cc1ccc(-c2cc(Cl)cc(Cl)c2)cc1F. The lowest BCUT2D eigenvalue weighted by Gasteiger charge is -2.05. The molecule has 0 radical (unpaired) electrons. The normalized spacial score (nSPS) is 10.8. The van der Waals surface area contributed by atoms with Crippen LogP contribution < -0.4 is 11.5 Å². The molecule has 0 aliphatic carbocycles. The zero-order valence-electron chi connectivity index (χ0n) is 10.7. The molecule has 0 atom stereocenters. The maximum absolute atomic E-state index is 14.0. The Hall–Kier alpha value is -2.11. The van der Waals surface area contributed by atoms with Gasteiger partial charge in [0.05, 0.1) is 6.21 Å². The van der Waals surface area contributed by atoms with E-state index in [2.05, 4.69) is 10.2 Å². The summed E-state index contributed by atoms with van der Waals surface area (Å²) in [6.07, 6.45) is 1.23. The van der Waals surface area contributed by atoms with Gasteiger partial charge < -0.3 is 11.5 Å². The average molecular weight is 325 g/mol. The standard InChI is InChI=1S/C14H11Cl2FN4/c15-11-3-10(4-12(16)6-11)8-1-2-9(13(17)5-8)7-20-21-14(18)19/h1-7H,(H4,18,19,21). The molecule has 4 nitrogen and oxygen atoms in total. The van der Waals surface area contributed by atoms with Gasteiger partial charge in [0, 0.05) is 15.6 Å². The Kier molecular flexibility index (Phi) is 4.77. The van der Waals surface area contributed by atoms with Crippen molar-refractivity contribution in [3.8, 4) is 11.1 Å². The Labute approximate surface area is 130 Å². The van der Waals surface area contributed by atoms with Gasteiger partial charge in [-0.25, -0.2) is 4.39 Å². The number of rotatable bonds is 3. The molecule has 0 amide bonds. The largest absolute Gasteiger partial charge is 0.369 e. The fraction of sp³-hybridized carbons (Fsp3) is 0. The molecule has 2 aromatic rings. The number of hydrogen-bond acceptors (Lipinski definition) is 2. The average Bonchev–Trinajstić information content (AvgIpc) is 2.39. The van der Waals surface area contributed by atoms with Gasteiger partial charge in [-0.1, -0.05) is 29.3 Å². The van der Waals surface area contributed by atoms with E-state index < -0.39 is 5.82 Å². The fourth-order valence-electron chi connectivity index (χ4n) is 1.69. The molecule has 2 aromatic carbocycles. The molecule has 0 saturated heterocycles. The lowest BCUT2D eigenvalue weighted by atomic mass is 10.0. The molecule has 0 spiro atoms.